The SMILES string of the molecule is Fc1ccccc1CNc1cccc(Cl)c1Br. The average molecular weight is 315 g/mol. The predicted molar refractivity (Wildman–Crippen MR) is 72.9 cm³/mol. The first-order chi connectivity index (χ1) is 8.18. The Morgan fingerprint density at radius 3 is 2.65 bits per heavy atom. The summed E-state index contributed by atoms with van der Waals surface area (Å²) in [6, 6.07) is 12.2. The van der Waals surface area contributed by atoms with E-state index in [0.29, 0.717) is 17.1 Å². The van der Waals surface area contributed by atoms with Gasteiger partial charge in [-0.2, -0.15) is 0 Å². The van der Waals surface area contributed by atoms with E-state index in [4.69, 9.17) is 11.6 Å². The van der Waals surface area contributed by atoms with Crippen LogP contribution in [0, 0.1) is 5.82 Å². The molecule has 0 fully saturated rings. The van der Waals surface area contributed by atoms with Gasteiger partial charge < -0.3 is 5.32 Å². The van der Waals surface area contributed by atoms with Gasteiger partial charge in [0.1, 0.15) is 5.82 Å². The third-order valence-electron chi connectivity index (χ3n) is 2.38. The summed E-state index contributed by atoms with van der Waals surface area (Å²) < 4.78 is 14.2. The number of hydrogen-bond donors (Lipinski definition) is 1. The Morgan fingerprint density at radius 2 is 1.88 bits per heavy atom. The molecule has 1 N–H and O–H groups in total. The lowest BCUT2D eigenvalue weighted by Crippen LogP contribution is -2.02. The summed E-state index contributed by atoms with van der Waals surface area (Å²) >= 11 is 9.35. The fourth-order valence-electron chi connectivity index (χ4n) is 1.47. The van der Waals surface area contributed by atoms with Crippen LogP contribution in [0.5, 0.6) is 0 Å². The zero-order chi connectivity index (χ0) is 12.3. The molecule has 0 spiro atoms. The first-order valence-corrected chi connectivity index (χ1v) is 6.27. The highest BCUT2D eigenvalue weighted by Crippen LogP contribution is 2.30. The molecule has 0 unspecified atom stereocenters. The fraction of sp³-hybridized carbons (Fsp3) is 0.0769. The van der Waals surface area contributed by atoms with E-state index >= 15 is 0 Å². The number of hydrogen-bond acceptors (Lipinski definition) is 1. The molecule has 2 aromatic carbocycles. The van der Waals surface area contributed by atoms with Crippen LogP contribution in [0.3, 0.4) is 0 Å². The molecule has 0 atom stereocenters. The molecule has 0 saturated carbocycles. The van der Waals surface area contributed by atoms with Crippen molar-refractivity contribution in [2.75, 3.05) is 5.32 Å². The van der Waals surface area contributed by atoms with E-state index < -0.39 is 0 Å². The second kappa shape index (κ2) is 5.52. The third kappa shape index (κ3) is 2.99. The molecule has 0 radical (unpaired) electrons. The van der Waals surface area contributed by atoms with E-state index in [1.807, 2.05) is 18.2 Å². The van der Waals surface area contributed by atoms with Crippen LogP contribution in [0.25, 0.3) is 0 Å². The molecule has 0 heterocycles. The van der Waals surface area contributed by atoms with Gasteiger partial charge >= 0.3 is 0 Å². The van der Waals surface area contributed by atoms with Gasteiger partial charge in [-0.15, -0.1) is 0 Å². The molecular weight excluding hydrogens is 305 g/mol. The van der Waals surface area contributed by atoms with Crippen LogP contribution in [-0.2, 0) is 6.54 Å². The Kier molecular flexibility index (Phi) is 4.02. The number of halogens is 3. The minimum atomic E-state index is -0.210. The van der Waals surface area contributed by atoms with Gasteiger partial charge in [-0.25, -0.2) is 4.39 Å². The van der Waals surface area contributed by atoms with Crippen LogP contribution in [0.2, 0.25) is 5.02 Å². The van der Waals surface area contributed by atoms with Crippen LogP contribution < -0.4 is 5.32 Å². The lowest BCUT2D eigenvalue weighted by Gasteiger charge is -2.10. The van der Waals surface area contributed by atoms with Crippen molar-refractivity contribution < 1.29 is 4.39 Å². The molecular formula is C13H10BrClFN. The normalized spacial score (nSPS) is 10.3. The predicted octanol–water partition coefficient (Wildman–Crippen LogP) is 4.85. The van der Waals surface area contributed by atoms with E-state index in [1.54, 1.807) is 18.2 Å². The summed E-state index contributed by atoms with van der Waals surface area (Å²) in [6.07, 6.45) is 0. The number of anilines is 1. The van der Waals surface area contributed by atoms with Gasteiger partial charge in [-0.05, 0) is 34.1 Å². The van der Waals surface area contributed by atoms with Crippen LogP contribution in [0.15, 0.2) is 46.9 Å². The summed E-state index contributed by atoms with van der Waals surface area (Å²) in [5.74, 6) is -0.210. The zero-order valence-corrected chi connectivity index (χ0v) is 11.2. The van der Waals surface area contributed by atoms with E-state index in [9.17, 15) is 4.39 Å². The molecule has 17 heavy (non-hydrogen) atoms. The molecule has 0 bridgehead atoms. The van der Waals surface area contributed by atoms with Gasteiger partial charge in [0.15, 0.2) is 0 Å². The molecule has 4 heteroatoms. The smallest absolute Gasteiger partial charge is 0.128 e. The van der Waals surface area contributed by atoms with Crippen LogP contribution in [-0.4, -0.2) is 0 Å². The molecule has 2 aromatic rings. The third-order valence-corrected chi connectivity index (χ3v) is 3.78. The van der Waals surface area contributed by atoms with E-state index in [-0.39, 0.29) is 5.82 Å². The largest absolute Gasteiger partial charge is 0.380 e. The van der Waals surface area contributed by atoms with Crippen molar-refractivity contribution in [2.24, 2.45) is 0 Å². The number of nitrogens with one attached hydrogen (secondary N) is 1. The molecule has 0 aliphatic heterocycles. The minimum absolute atomic E-state index is 0.210. The van der Waals surface area contributed by atoms with E-state index in [2.05, 4.69) is 21.2 Å². The number of rotatable bonds is 3. The van der Waals surface area contributed by atoms with Crippen molar-refractivity contribution >= 4 is 33.2 Å². The molecule has 0 saturated heterocycles. The van der Waals surface area contributed by atoms with Gasteiger partial charge in [0.2, 0.25) is 0 Å². The maximum atomic E-state index is 13.4. The van der Waals surface area contributed by atoms with Gasteiger partial charge in [0.05, 0.1) is 15.2 Å². The molecule has 0 aliphatic carbocycles. The van der Waals surface area contributed by atoms with Crippen molar-refractivity contribution in [3.8, 4) is 0 Å². The second-order valence-corrected chi connectivity index (χ2v) is 4.75. The van der Waals surface area contributed by atoms with Gasteiger partial charge in [-0.3, -0.25) is 0 Å². The zero-order valence-electron chi connectivity index (χ0n) is 8.88. The topological polar surface area (TPSA) is 12.0 Å². The molecule has 2 rings (SSSR count). The first-order valence-electron chi connectivity index (χ1n) is 5.10. The quantitative estimate of drug-likeness (QED) is 0.853. The highest BCUT2D eigenvalue weighted by atomic mass is 79.9. The Balaban J connectivity index is 2.13. The highest BCUT2D eigenvalue weighted by molar-refractivity contribution is 9.10. The summed E-state index contributed by atoms with van der Waals surface area (Å²) in [5, 5.41) is 3.77. The van der Waals surface area contributed by atoms with Crippen LogP contribution in [0.4, 0.5) is 10.1 Å². The van der Waals surface area contributed by atoms with E-state index in [0.717, 1.165) is 10.2 Å². The van der Waals surface area contributed by atoms with Gasteiger partial charge in [0, 0.05) is 12.1 Å². The van der Waals surface area contributed by atoms with Crippen LogP contribution in [0.1, 0.15) is 5.56 Å². The summed E-state index contributed by atoms with van der Waals surface area (Å²) in [7, 11) is 0. The minimum Gasteiger partial charge on any atom is -0.380 e. The van der Waals surface area contributed by atoms with Crippen molar-refractivity contribution in [3.05, 3.63) is 63.3 Å². The molecule has 0 amide bonds. The highest BCUT2D eigenvalue weighted by Gasteiger charge is 2.04. The molecule has 0 aliphatic rings. The maximum absolute atomic E-state index is 13.4. The summed E-state index contributed by atoms with van der Waals surface area (Å²) in [5.41, 5.74) is 1.47. The Morgan fingerprint density at radius 1 is 1.12 bits per heavy atom. The average Bonchev–Trinajstić information content (AvgIpc) is 2.33. The standard InChI is InChI=1S/C13H10BrClFN/c14-13-10(15)5-3-7-12(13)17-8-9-4-1-2-6-11(9)16/h1-7,17H,8H2. The fourth-order valence-corrected chi connectivity index (χ4v) is 2.05. The van der Waals surface area contributed by atoms with E-state index in [1.165, 1.54) is 6.07 Å². The second-order valence-electron chi connectivity index (χ2n) is 3.55. The lowest BCUT2D eigenvalue weighted by molar-refractivity contribution is 0.613. The summed E-state index contributed by atoms with van der Waals surface area (Å²) in [4.78, 5) is 0. The lowest BCUT2D eigenvalue weighted by atomic mass is 10.2. The van der Waals surface area contributed by atoms with Crippen molar-refractivity contribution in [1.82, 2.24) is 0 Å². The van der Waals surface area contributed by atoms with Crippen molar-refractivity contribution in [2.45, 2.75) is 6.54 Å². The van der Waals surface area contributed by atoms with Gasteiger partial charge in [-0.1, -0.05) is 35.9 Å². The van der Waals surface area contributed by atoms with Crippen molar-refractivity contribution in [1.29, 1.82) is 0 Å². The molecule has 88 valence electrons. The first kappa shape index (κ1) is 12.4. The van der Waals surface area contributed by atoms with Gasteiger partial charge in [0.25, 0.3) is 0 Å². The van der Waals surface area contributed by atoms with Crippen molar-refractivity contribution in [3.63, 3.8) is 0 Å². The monoisotopic (exact) mass is 313 g/mol. The Hall–Kier alpha value is -1.06. The maximum Gasteiger partial charge on any atom is 0.128 e. The number of benzene rings is 2. The Bertz CT molecular complexity index is 531. The molecule has 0 aromatic heterocycles. The summed E-state index contributed by atoms with van der Waals surface area (Å²) in [6.45, 7) is 0.422. The van der Waals surface area contributed by atoms with Crippen LogP contribution >= 0.6 is 27.5 Å². The Labute approximate surface area is 113 Å². The molecule has 1 nitrogen and oxygen atoms in total.